The maximum atomic E-state index is 12.0. The molecule has 0 amide bonds. The molecular weight excluding hydrogens is 334 g/mol. The molecule has 1 aliphatic rings. The van der Waals surface area contributed by atoms with Crippen LogP contribution in [0.3, 0.4) is 0 Å². The van der Waals surface area contributed by atoms with E-state index < -0.39 is 0 Å². The summed E-state index contributed by atoms with van der Waals surface area (Å²) in [6.45, 7) is 0. The number of rotatable bonds is 6. The Hall–Kier alpha value is -2.49. The van der Waals surface area contributed by atoms with Crippen LogP contribution in [0.5, 0.6) is 11.5 Å². The summed E-state index contributed by atoms with van der Waals surface area (Å²) in [5.41, 5.74) is 2.14. The molecule has 5 heteroatoms. The van der Waals surface area contributed by atoms with Gasteiger partial charge >= 0.3 is 5.97 Å². The molecule has 25 heavy (non-hydrogen) atoms. The third-order valence-electron chi connectivity index (χ3n) is 4.41. The molecule has 1 saturated carbocycles. The number of carbonyl (C=O) groups excluding carboxylic acids is 1. The van der Waals surface area contributed by atoms with Crippen LogP contribution in [-0.4, -0.2) is 24.3 Å². The van der Waals surface area contributed by atoms with Crippen molar-refractivity contribution in [1.82, 2.24) is 0 Å². The Labute approximate surface area is 152 Å². The predicted molar refractivity (Wildman–Crippen MR) is 100 cm³/mol. The Morgan fingerprint density at radius 2 is 1.64 bits per heavy atom. The summed E-state index contributed by atoms with van der Waals surface area (Å²) in [5, 5.41) is 2.39. The zero-order chi connectivity index (χ0) is 17.6. The van der Waals surface area contributed by atoms with Crippen LogP contribution in [0.15, 0.2) is 53.5 Å². The highest BCUT2D eigenvalue weighted by Crippen LogP contribution is 2.33. The lowest BCUT2D eigenvalue weighted by Gasteiger charge is -2.30. The molecular formula is C20H19NO3S. The van der Waals surface area contributed by atoms with Crippen molar-refractivity contribution in [3.05, 3.63) is 48.5 Å². The smallest absolute Gasteiger partial charge is 0.311 e. The number of esters is 1. The van der Waals surface area contributed by atoms with E-state index in [1.807, 2.05) is 48.5 Å². The molecule has 2 aromatic carbocycles. The summed E-state index contributed by atoms with van der Waals surface area (Å²) in [7, 11) is 1.65. The van der Waals surface area contributed by atoms with Gasteiger partial charge in [0.1, 0.15) is 11.5 Å². The van der Waals surface area contributed by atoms with Gasteiger partial charge < -0.3 is 9.47 Å². The number of nitrogens with zero attached hydrogens (tertiary/aromatic N) is 1. The number of benzene rings is 2. The minimum absolute atomic E-state index is 0.202. The third-order valence-corrected chi connectivity index (χ3v) is 4.52. The molecule has 0 radical (unpaired) electrons. The summed E-state index contributed by atoms with van der Waals surface area (Å²) in [4.78, 5) is 16.0. The lowest BCUT2D eigenvalue weighted by atomic mass is 9.79. The first-order valence-corrected chi connectivity index (χ1v) is 8.61. The molecule has 3 rings (SSSR count). The van der Waals surface area contributed by atoms with Gasteiger partial charge in [-0.15, -0.1) is 0 Å². The van der Waals surface area contributed by atoms with E-state index >= 15 is 0 Å². The van der Waals surface area contributed by atoms with Gasteiger partial charge in [0.25, 0.3) is 0 Å². The van der Waals surface area contributed by atoms with Crippen molar-refractivity contribution in [3.8, 4) is 22.6 Å². The monoisotopic (exact) mass is 353 g/mol. The van der Waals surface area contributed by atoms with Crippen LogP contribution in [0.1, 0.15) is 19.3 Å². The van der Waals surface area contributed by atoms with E-state index in [-0.39, 0.29) is 12.0 Å². The summed E-state index contributed by atoms with van der Waals surface area (Å²) in [6, 6.07) is 15.6. The van der Waals surface area contributed by atoms with Crippen LogP contribution >= 0.6 is 12.2 Å². The number of carbonyl (C=O) groups is 1. The molecule has 1 fully saturated rings. The van der Waals surface area contributed by atoms with Gasteiger partial charge in [-0.2, -0.15) is 0 Å². The summed E-state index contributed by atoms with van der Waals surface area (Å²) in [5.74, 6) is 1.52. The van der Waals surface area contributed by atoms with Gasteiger partial charge in [0.15, 0.2) is 0 Å². The molecule has 1 aliphatic carbocycles. The molecule has 2 aromatic rings. The average molecular weight is 353 g/mol. The highest BCUT2D eigenvalue weighted by molar-refractivity contribution is 7.78. The molecule has 0 aliphatic heterocycles. The van der Waals surface area contributed by atoms with Gasteiger partial charge in [0.05, 0.1) is 18.3 Å². The van der Waals surface area contributed by atoms with Crippen molar-refractivity contribution in [2.24, 2.45) is 10.9 Å². The zero-order valence-corrected chi connectivity index (χ0v) is 14.8. The Kier molecular flexibility index (Phi) is 5.59. The molecule has 0 saturated heterocycles. The molecule has 0 heterocycles. The lowest BCUT2D eigenvalue weighted by Crippen LogP contribution is -2.30. The second kappa shape index (κ2) is 8.06. The Bertz CT molecular complexity index is 774. The Balaban J connectivity index is 1.53. The van der Waals surface area contributed by atoms with E-state index in [0.29, 0.717) is 18.1 Å². The Morgan fingerprint density at radius 3 is 2.16 bits per heavy atom. The van der Waals surface area contributed by atoms with E-state index in [9.17, 15) is 4.79 Å². The standard InChI is InChI=1S/C20H19NO3S/c1-23-18-6-2-15(3-7-18)16-4-8-19(9-5-16)24-20(22)12-14-10-17(11-14)21-13-25/h2-9,14,17H,10-12H2,1H3. The van der Waals surface area contributed by atoms with Crippen LogP contribution in [0.25, 0.3) is 11.1 Å². The molecule has 0 bridgehead atoms. The van der Waals surface area contributed by atoms with Crippen molar-refractivity contribution in [2.45, 2.75) is 25.3 Å². The summed E-state index contributed by atoms with van der Waals surface area (Å²) < 4.78 is 10.6. The summed E-state index contributed by atoms with van der Waals surface area (Å²) >= 11 is 4.59. The van der Waals surface area contributed by atoms with Crippen LogP contribution in [0, 0.1) is 5.92 Å². The highest BCUT2D eigenvalue weighted by atomic mass is 32.1. The quantitative estimate of drug-likeness (QED) is 0.331. The van der Waals surface area contributed by atoms with Crippen molar-refractivity contribution in [3.63, 3.8) is 0 Å². The number of isothiocyanates is 1. The van der Waals surface area contributed by atoms with Gasteiger partial charge in [-0.25, -0.2) is 4.99 Å². The van der Waals surface area contributed by atoms with Crippen molar-refractivity contribution < 1.29 is 14.3 Å². The van der Waals surface area contributed by atoms with Gasteiger partial charge in [0.2, 0.25) is 0 Å². The highest BCUT2D eigenvalue weighted by Gasteiger charge is 2.30. The molecule has 4 nitrogen and oxygen atoms in total. The fourth-order valence-corrected chi connectivity index (χ4v) is 3.10. The number of methoxy groups -OCH3 is 1. The molecule has 0 aromatic heterocycles. The van der Waals surface area contributed by atoms with E-state index in [1.165, 1.54) is 0 Å². The van der Waals surface area contributed by atoms with Crippen LogP contribution in [-0.2, 0) is 4.79 Å². The molecule has 0 N–H and O–H groups in total. The average Bonchev–Trinajstić information content (AvgIpc) is 2.61. The van der Waals surface area contributed by atoms with E-state index in [2.05, 4.69) is 22.4 Å². The number of thiocarbonyl (C=S) groups is 1. The number of hydrogen-bond acceptors (Lipinski definition) is 5. The van der Waals surface area contributed by atoms with E-state index in [0.717, 1.165) is 29.7 Å². The van der Waals surface area contributed by atoms with E-state index in [4.69, 9.17) is 9.47 Å². The minimum Gasteiger partial charge on any atom is -0.497 e. The van der Waals surface area contributed by atoms with Crippen molar-refractivity contribution in [2.75, 3.05) is 7.11 Å². The topological polar surface area (TPSA) is 47.9 Å². The first kappa shape index (κ1) is 17.3. The van der Waals surface area contributed by atoms with Gasteiger partial charge in [-0.3, -0.25) is 4.79 Å². The first-order chi connectivity index (χ1) is 12.2. The Morgan fingerprint density at radius 1 is 1.08 bits per heavy atom. The lowest BCUT2D eigenvalue weighted by molar-refractivity contribution is -0.136. The SMILES string of the molecule is COc1ccc(-c2ccc(OC(=O)CC3CC(N=C=S)C3)cc2)cc1. The summed E-state index contributed by atoms with van der Waals surface area (Å²) in [6.07, 6.45) is 2.19. The van der Waals surface area contributed by atoms with Gasteiger partial charge in [-0.1, -0.05) is 24.3 Å². The molecule has 0 atom stereocenters. The van der Waals surface area contributed by atoms with Crippen LogP contribution < -0.4 is 9.47 Å². The molecule has 0 unspecified atom stereocenters. The number of aliphatic imine (C=N–C) groups is 1. The fourth-order valence-electron chi connectivity index (χ4n) is 2.95. The minimum atomic E-state index is -0.202. The number of ether oxygens (including phenoxy) is 2. The third kappa shape index (κ3) is 4.53. The first-order valence-electron chi connectivity index (χ1n) is 8.20. The predicted octanol–water partition coefficient (Wildman–Crippen LogP) is 4.54. The van der Waals surface area contributed by atoms with Crippen molar-refractivity contribution in [1.29, 1.82) is 0 Å². The normalized spacial score (nSPS) is 18.6. The maximum Gasteiger partial charge on any atom is 0.311 e. The molecule has 128 valence electrons. The van der Waals surface area contributed by atoms with Gasteiger partial charge in [-0.05, 0) is 66.4 Å². The second-order valence-electron chi connectivity index (χ2n) is 6.14. The number of hydrogen-bond donors (Lipinski definition) is 0. The molecule has 0 spiro atoms. The van der Waals surface area contributed by atoms with Crippen molar-refractivity contribution >= 4 is 23.3 Å². The largest absolute Gasteiger partial charge is 0.497 e. The maximum absolute atomic E-state index is 12.0. The fraction of sp³-hybridized carbons (Fsp3) is 0.300. The van der Waals surface area contributed by atoms with E-state index in [1.54, 1.807) is 7.11 Å². The second-order valence-corrected chi connectivity index (χ2v) is 6.33. The van der Waals surface area contributed by atoms with Crippen LogP contribution in [0.4, 0.5) is 0 Å². The van der Waals surface area contributed by atoms with Crippen LogP contribution in [0.2, 0.25) is 0 Å². The van der Waals surface area contributed by atoms with Gasteiger partial charge in [0, 0.05) is 6.42 Å². The zero-order valence-electron chi connectivity index (χ0n) is 14.0.